The van der Waals surface area contributed by atoms with Gasteiger partial charge in [-0.15, -0.1) is 0 Å². The Bertz CT molecular complexity index is 293. The Labute approximate surface area is 94.5 Å². The van der Waals surface area contributed by atoms with Crippen LogP contribution < -0.4 is 0 Å². The molecule has 0 unspecified atom stereocenters. The second-order valence-corrected chi connectivity index (χ2v) is 5.83. The molecule has 0 N–H and O–H groups in total. The minimum absolute atomic E-state index is 0.766. The molecule has 84 valence electrons. The molecule has 1 fully saturated rings. The van der Waals surface area contributed by atoms with Crippen LogP contribution in [0.4, 0.5) is 0 Å². The molecule has 0 spiro atoms. The van der Waals surface area contributed by atoms with Crippen LogP contribution in [-0.4, -0.2) is 0 Å². The van der Waals surface area contributed by atoms with Gasteiger partial charge in [0, 0.05) is 5.92 Å². The van der Waals surface area contributed by atoms with E-state index in [-0.39, 0.29) is 0 Å². The zero-order valence-electron chi connectivity index (χ0n) is 10.6. The van der Waals surface area contributed by atoms with E-state index in [2.05, 4.69) is 39.8 Å². The Morgan fingerprint density at radius 2 is 2.00 bits per heavy atom. The first kappa shape index (κ1) is 11.0. The summed E-state index contributed by atoms with van der Waals surface area (Å²) in [6, 6.07) is 0. The first-order valence-electron chi connectivity index (χ1n) is 6.47. The smallest absolute Gasteiger partial charge is 0.00129 e. The molecule has 2 aliphatic rings. The predicted octanol–water partition coefficient (Wildman–Crippen LogP) is 4.58. The SMILES string of the molecule is CC1=C[C@@H]2C(=CC1)[C@H](C)CC[C@H]2C(C)C. The third kappa shape index (κ3) is 2.04. The maximum Gasteiger partial charge on any atom is 0.00129 e. The molecule has 0 aliphatic heterocycles. The Kier molecular flexibility index (Phi) is 3.04. The van der Waals surface area contributed by atoms with Crippen LogP contribution >= 0.6 is 0 Å². The molecule has 0 aromatic carbocycles. The Morgan fingerprint density at radius 1 is 1.27 bits per heavy atom. The molecule has 0 bridgehead atoms. The van der Waals surface area contributed by atoms with Crippen molar-refractivity contribution in [3.8, 4) is 0 Å². The van der Waals surface area contributed by atoms with Crippen LogP contribution in [0.3, 0.4) is 0 Å². The number of allylic oxidation sites excluding steroid dienone is 4. The van der Waals surface area contributed by atoms with Crippen molar-refractivity contribution < 1.29 is 0 Å². The molecule has 15 heavy (non-hydrogen) atoms. The molecule has 0 amide bonds. The average Bonchev–Trinajstić information content (AvgIpc) is 2.17. The fourth-order valence-electron chi connectivity index (χ4n) is 3.32. The second-order valence-electron chi connectivity index (χ2n) is 5.83. The van der Waals surface area contributed by atoms with Crippen LogP contribution in [0.2, 0.25) is 0 Å². The predicted molar refractivity (Wildman–Crippen MR) is 66.7 cm³/mol. The van der Waals surface area contributed by atoms with Crippen LogP contribution in [0, 0.1) is 23.7 Å². The molecule has 0 aromatic heterocycles. The maximum absolute atomic E-state index is 2.55. The maximum atomic E-state index is 2.55. The quantitative estimate of drug-likeness (QED) is 0.548. The van der Waals surface area contributed by atoms with Crippen molar-refractivity contribution in [2.24, 2.45) is 23.7 Å². The highest BCUT2D eigenvalue weighted by molar-refractivity contribution is 5.28. The lowest BCUT2D eigenvalue weighted by Gasteiger charge is -2.40. The molecule has 3 atom stereocenters. The van der Waals surface area contributed by atoms with Gasteiger partial charge in [0.15, 0.2) is 0 Å². The molecule has 2 rings (SSSR count). The number of hydrogen-bond donors (Lipinski definition) is 0. The Morgan fingerprint density at radius 3 is 2.67 bits per heavy atom. The second kappa shape index (κ2) is 4.15. The minimum Gasteiger partial charge on any atom is -0.0804 e. The van der Waals surface area contributed by atoms with Crippen molar-refractivity contribution >= 4 is 0 Å². The lowest BCUT2D eigenvalue weighted by molar-refractivity contribution is 0.234. The average molecular weight is 204 g/mol. The van der Waals surface area contributed by atoms with E-state index in [1.54, 1.807) is 11.1 Å². The van der Waals surface area contributed by atoms with Crippen LogP contribution in [0.25, 0.3) is 0 Å². The van der Waals surface area contributed by atoms with Crippen molar-refractivity contribution in [2.75, 3.05) is 0 Å². The van der Waals surface area contributed by atoms with Gasteiger partial charge in [-0.1, -0.05) is 44.1 Å². The van der Waals surface area contributed by atoms with Crippen molar-refractivity contribution in [2.45, 2.75) is 47.0 Å². The van der Waals surface area contributed by atoms with Gasteiger partial charge in [-0.25, -0.2) is 0 Å². The zero-order chi connectivity index (χ0) is 11.0. The summed E-state index contributed by atoms with van der Waals surface area (Å²) in [6.07, 6.45) is 9.08. The topological polar surface area (TPSA) is 0 Å². The van der Waals surface area contributed by atoms with Crippen LogP contribution in [0.5, 0.6) is 0 Å². The number of fused-ring (bicyclic) bond motifs is 1. The van der Waals surface area contributed by atoms with E-state index in [1.807, 2.05) is 0 Å². The normalized spacial score (nSPS) is 35.9. The lowest BCUT2D eigenvalue weighted by atomic mass is 9.65. The van der Waals surface area contributed by atoms with Gasteiger partial charge >= 0.3 is 0 Å². The molecular formula is C15H24. The van der Waals surface area contributed by atoms with E-state index in [4.69, 9.17) is 0 Å². The standard InChI is InChI=1S/C15H24/c1-10(2)13-8-6-12(4)14-7-5-11(3)9-15(13)14/h7,9-10,12-13,15H,5-6,8H2,1-4H3/t12-,13+,15+/m1/s1. The highest BCUT2D eigenvalue weighted by atomic mass is 14.4. The van der Waals surface area contributed by atoms with Crippen LogP contribution in [-0.2, 0) is 0 Å². The van der Waals surface area contributed by atoms with Crippen LogP contribution in [0.15, 0.2) is 23.3 Å². The first-order valence-corrected chi connectivity index (χ1v) is 6.47. The molecule has 0 heteroatoms. The van der Waals surface area contributed by atoms with Gasteiger partial charge in [0.1, 0.15) is 0 Å². The van der Waals surface area contributed by atoms with E-state index in [0.29, 0.717) is 0 Å². The first-order chi connectivity index (χ1) is 7.09. The van der Waals surface area contributed by atoms with E-state index >= 15 is 0 Å². The summed E-state index contributed by atoms with van der Waals surface area (Å²) < 4.78 is 0. The summed E-state index contributed by atoms with van der Waals surface area (Å²) in [5.74, 6) is 3.31. The molecule has 0 saturated heterocycles. The molecule has 0 aromatic rings. The summed E-state index contributed by atoms with van der Waals surface area (Å²) >= 11 is 0. The Hall–Kier alpha value is -0.520. The van der Waals surface area contributed by atoms with E-state index in [0.717, 1.165) is 23.7 Å². The van der Waals surface area contributed by atoms with Crippen molar-refractivity contribution in [1.82, 2.24) is 0 Å². The Balaban J connectivity index is 2.26. The molecular weight excluding hydrogens is 180 g/mol. The van der Waals surface area contributed by atoms with Gasteiger partial charge in [0.05, 0.1) is 0 Å². The van der Waals surface area contributed by atoms with Gasteiger partial charge in [0.2, 0.25) is 0 Å². The third-order valence-corrected chi connectivity index (χ3v) is 4.33. The monoisotopic (exact) mass is 204 g/mol. The van der Waals surface area contributed by atoms with Crippen LogP contribution in [0.1, 0.15) is 47.0 Å². The minimum atomic E-state index is 0.766. The summed E-state index contributed by atoms with van der Waals surface area (Å²) in [6.45, 7) is 9.46. The summed E-state index contributed by atoms with van der Waals surface area (Å²) in [5, 5.41) is 0. The summed E-state index contributed by atoms with van der Waals surface area (Å²) in [7, 11) is 0. The van der Waals surface area contributed by atoms with E-state index in [1.165, 1.54) is 19.3 Å². The van der Waals surface area contributed by atoms with Crippen molar-refractivity contribution in [3.05, 3.63) is 23.3 Å². The van der Waals surface area contributed by atoms with Gasteiger partial charge in [-0.3, -0.25) is 0 Å². The summed E-state index contributed by atoms with van der Waals surface area (Å²) in [5.41, 5.74) is 3.31. The number of rotatable bonds is 1. The molecule has 0 heterocycles. The number of hydrogen-bond acceptors (Lipinski definition) is 0. The summed E-state index contributed by atoms with van der Waals surface area (Å²) in [4.78, 5) is 0. The fraction of sp³-hybridized carbons (Fsp3) is 0.733. The molecule has 0 radical (unpaired) electrons. The highest BCUT2D eigenvalue weighted by Gasteiger charge is 2.34. The molecule has 0 nitrogen and oxygen atoms in total. The van der Waals surface area contributed by atoms with Gasteiger partial charge in [-0.05, 0) is 43.9 Å². The lowest BCUT2D eigenvalue weighted by Crippen LogP contribution is -2.30. The largest absolute Gasteiger partial charge is 0.0804 e. The van der Waals surface area contributed by atoms with Gasteiger partial charge < -0.3 is 0 Å². The zero-order valence-corrected chi connectivity index (χ0v) is 10.6. The van der Waals surface area contributed by atoms with Gasteiger partial charge in [0.25, 0.3) is 0 Å². The third-order valence-electron chi connectivity index (χ3n) is 4.33. The van der Waals surface area contributed by atoms with Crippen molar-refractivity contribution in [3.63, 3.8) is 0 Å². The molecule has 1 saturated carbocycles. The van der Waals surface area contributed by atoms with E-state index in [9.17, 15) is 0 Å². The highest BCUT2D eigenvalue weighted by Crippen LogP contribution is 2.45. The fourth-order valence-corrected chi connectivity index (χ4v) is 3.32. The van der Waals surface area contributed by atoms with Crippen molar-refractivity contribution in [1.29, 1.82) is 0 Å². The van der Waals surface area contributed by atoms with Gasteiger partial charge in [-0.2, -0.15) is 0 Å². The van der Waals surface area contributed by atoms with E-state index < -0.39 is 0 Å². The molecule has 2 aliphatic carbocycles.